The number of carbonyl (C=O) groups is 1. The summed E-state index contributed by atoms with van der Waals surface area (Å²) in [5, 5.41) is 13.9. The van der Waals surface area contributed by atoms with Crippen LogP contribution in [0.5, 0.6) is 0 Å². The molecule has 2 rings (SSSR count). The third kappa shape index (κ3) is 1.72. The fraction of sp³-hybridized carbons (Fsp3) is 0.100. The van der Waals surface area contributed by atoms with Gasteiger partial charge < -0.3 is 9.73 Å². The fourth-order valence-electron chi connectivity index (χ4n) is 1.47. The fourth-order valence-corrected chi connectivity index (χ4v) is 1.47. The molecule has 1 N–H and O–H groups in total. The lowest BCUT2D eigenvalue weighted by Gasteiger charge is -2.01. The third-order valence-corrected chi connectivity index (χ3v) is 2.05. The molecule has 82 valence electrons. The van der Waals surface area contributed by atoms with Gasteiger partial charge in [0.15, 0.2) is 0 Å². The van der Waals surface area contributed by atoms with Crippen LogP contribution in [-0.4, -0.2) is 10.8 Å². The summed E-state index contributed by atoms with van der Waals surface area (Å²) in [5.41, 5.74) is 0.429. The number of nitrogens with one attached hydrogen (secondary N) is 1. The van der Waals surface area contributed by atoms with Crippen molar-refractivity contribution in [3.8, 4) is 0 Å². The minimum Gasteiger partial charge on any atom is -0.457 e. The highest BCUT2D eigenvalue weighted by molar-refractivity contribution is 5.95. The molecule has 6 nitrogen and oxygen atoms in total. The maximum absolute atomic E-state index is 10.9. The summed E-state index contributed by atoms with van der Waals surface area (Å²) in [5.74, 6) is -0.280. The van der Waals surface area contributed by atoms with Crippen LogP contribution in [-0.2, 0) is 4.79 Å². The second kappa shape index (κ2) is 3.65. The monoisotopic (exact) mass is 220 g/mol. The van der Waals surface area contributed by atoms with E-state index >= 15 is 0 Å². The van der Waals surface area contributed by atoms with E-state index < -0.39 is 4.92 Å². The molecule has 0 spiro atoms. The minimum atomic E-state index is -0.544. The molecule has 0 aliphatic carbocycles. The number of furan rings is 1. The Morgan fingerprint density at radius 1 is 1.50 bits per heavy atom. The average molecular weight is 220 g/mol. The number of nitrogens with zero attached hydrogens (tertiary/aromatic N) is 1. The molecule has 2 aromatic rings. The Balaban J connectivity index is 2.61. The third-order valence-electron chi connectivity index (χ3n) is 2.05. The Hall–Kier alpha value is -2.37. The van der Waals surface area contributed by atoms with Crippen molar-refractivity contribution in [3.05, 3.63) is 34.6 Å². The number of fused-ring (bicyclic) bond motifs is 1. The van der Waals surface area contributed by atoms with Gasteiger partial charge in [-0.15, -0.1) is 0 Å². The maximum atomic E-state index is 10.9. The Labute approximate surface area is 90.0 Å². The van der Waals surface area contributed by atoms with Gasteiger partial charge in [0.1, 0.15) is 0 Å². The largest absolute Gasteiger partial charge is 0.457 e. The van der Waals surface area contributed by atoms with Crippen LogP contribution in [0.25, 0.3) is 11.0 Å². The first-order chi connectivity index (χ1) is 7.58. The number of nitro benzene ring substituents is 1. The van der Waals surface area contributed by atoms with E-state index in [9.17, 15) is 14.9 Å². The zero-order chi connectivity index (χ0) is 11.7. The Kier molecular flexibility index (Phi) is 2.32. The van der Waals surface area contributed by atoms with E-state index in [0.29, 0.717) is 11.1 Å². The van der Waals surface area contributed by atoms with Crippen molar-refractivity contribution in [2.24, 2.45) is 0 Å². The van der Waals surface area contributed by atoms with Crippen molar-refractivity contribution < 1.29 is 14.1 Å². The minimum absolute atomic E-state index is 0.161. The Morgan fingerprint density at radius 2 is 2.25 bits per heavy atom. The van der Waals surface area contributed by atoms with E-state index in [-0.39, 0.29) is 17.2 Å². The van der Waals surface area contributed by atoms with Gasteiger partial charge in [-0.25, -0.2) is 0 Å². The zero-order valence-corrected chi connectivity index (χ0v) is 8.39. The van der Waals surface area contributed by atoms with E-state index in [1.54, 1.807) is 12.1 Å². The van der Waals surface area contributed by atoms with Crippen LogP contribution in [0.15, 0.2) is 28.9 Å². The van der Waals surface area contributed by atoms with Crippen molar-refractivity contribution in [3.63, 3.8) is 0 Å². The van der Waals surface area contributed by atoms with Crippen LogP contribution >= 0.6 is 0 Å². The highest BCUT2D eigenvalue weighted by atomic mass is 16.6. The Morgan fingerprint density at radius 3 is 2.88 bits per heavy atom. The number of rotatable bonds is 2. The Bertz CT molecular complexity index is 573. The number of carbonyl (C=O) groups excluding carboxylic acids is 1. The van der Waals surface area contributed by atoms with Gasteiger partial charge in [0, 0.05) is 24.1 Å². The van der Waals surface area contributed by atoms with E-state index in [4.69, 9.17) is 4.42 Å². The molecule has 0 unspecified atom stereocenters. The van der Waals surface area contributed by atoms with Crippen LogP contribution < -0.4 is 5.32 Å². The normalized spacial score (nSPS) is 10.3. The summed E-state index contributed by atoms with van der Waals surface area (Å²) >= 11 is 0. The van der Waals surface area contributed by atoms with Crippen LogP contribution in [0.3, 0.4) is 0 Å². The maximum Gasteiger partial charge on any atom is 0.314 e. The standard InChI is InChI=1S/C10H8N2O4/c1-6(13)11-8-4-7-2-3-16-10(7)9(5-8)12(14)15/h2-5H,1H3,(H,11,13). The van der Waals surface area contributed by atoms with Crippen LogP contribution in [0, 0.1) is 10.1 Å². The zero-order valence-electron chi connectivity index (χ0n) is 8.39. The van der Waals surface area contributed by atoms with Crippen molar-refractivity contribution in [2.45, 2.75) is 6.92 Å². The first-order valence-electron chi connectivity index (χ1n) is 4.51. The molecule has 0 bridgehead atoms. The molecule has 16 heavy (non-hydrogen) atoms. The topological polar surface area (TPSA) is 85.4 Å². The molecule has 0 aliphatic heterocycles. The highest BCUT2D eigenvalue weighted by Crippen LogP contribution is 2.30. The summed E-state index contributed by atoms with van der Waals surface area (Å²) in [6, 6.07) is 4.49. The molecule has 0 saturated heterocycles. The van der Waals surface area contributed by atoms with Crippen molar-refractivity contribution in [1.29, 1.82) is 0 Å². The molecule has 0 aliphatic rings. The lowest BCUT2D eigenvalue weighted by atomic mass is 10.2. The first-order valence-corrected chi connectivity index (χ1v) is 4.51. The first kappa shape index (κ1) is 10.2. The van der Waals surface area contributed by atoms with Crippen LogP contribution in [0.4, 0.5) is 11.4 Å². The van der Waals surface area contributed by atoms with Gasteiger partial charge in [-0.3, -0.25) is 14.9 Å². The number of non-ortho nitro benzene ring substituents is 1. The molecule has 0 fully saturated rings. The quantitative estimate of drug-likeness (QED) is 0.621. The number of benzene rings is 1. The second-order valence-corrected chi connectivity index (χ2v) is 3.27. The number of anilines is 1. The predicted molar refractivity (Wildman–Crippen MR) is 57.2 cm³/mol. The summed E-state index contributed by atoms with van der Waals surface area (Å²) < 4.78 is 5.02. The highest BCUT2D eigenvalue weighted by Gasteiger charge is 2.16. The lowest BCUT2D eigenvalue weighted by molar-refractivity contribution is -0.383. The van der Waals surface area contributed by atoms with Crippen molar-refractivity contribution >= 4 is 28.3 Å². The molecular formula is C10H8N2O4. The van der Waals surface area contributed by atoms with E-state index in [2.05, 4.69) is 5.32 Å². The molecule has 1 aromatic carbocycles. The van der Waals surface area contributed by atoms with Gasteiger partial charge >= 0.3 is 5.69 Å². The van der Waals surface area contributed by atoms with Gasteiger partial charge in [-0.05, 0) is 12.1 Å². The van der Waals surface area contributed by atoms with Crippen LogP contribution in [0.2, 0.25) is 0 Å². The molecule has 1 heterocycles. The van der Waals surface area contributed by atoms with Crippen LogP contribution in [0.1, 0.15) is 6.92 Å². The van der Waals surface area contributed by atoms with Gasteiger partial charge in [0.05, 0.1) is 11.2 Å². The van der Waals surface area contributed by atoms with Crippen molar-refractivity contribution in [2.75, 3.05) is 5.32 Å². The number of hydrogen-bond donors (Lipinski definition) is 1. The average Bonchev–Trinajstić information content (AvgIpc) is 2.62. The molecule has 0 atom stereocenters. The summed E-state index contributed by atoms with van der Waals surface area (Å²) in [4.78, 5) is 21.1. The van der Waals surface area contributed by atoms with Gasteiger partial charge in [0.2, 0.25) is 11.5 Å². The number of amides is 1. The van der Waals surface area contributed by atoms with E-state index in [0.717, 1.165) is 0 Å². The lowest BCUT2D eigenvalue weighted by Crippen LogP contribution is -2.05. The predicted octanol–water partition coefficient (Wildman–Crippen LogP) is 2.30. The van der Waals surface area contributed by atoms with E-state index in [1.807, 2.05) is 0 Å². The summed E-state index contributed by atoms with van der Waals surface area (Å²) in [6.45, 7) is 1.34. The molecule has 0 radical (unpaired) electrons. The SMILES string of the molecule is CC(=O)Nc1cc([N+](=O)[O-])c2occc2c1. The molecule has 1 amide bonds. The summed E-state index contributed by atoms with van der Waals surface area (Å²) in [6.07, 6.45) is 1.37. The van der Waals surface area contributed by atoms with Gasteiger partial charge in [0.25, 0.3) is 0 Å². The smallest absolute Gasteiger partial charge is 0.314 e. The molecular weight excluding hydrogens is 212 g/mol. The van der Waals surface area contributed by atoms with E-state index in [1.165, 1.54) is 19.3 Å². The summed E-state index contributed by atoms with van der Waals surface area (Å²) in [7, 11) is 0. The molecule has 0 saturated carbocycles. The van der Waals surface area contributed by atoms with Crippen molar-refractivity contribution in [1.82, 2.24) is 0 Å². The van der Waals surface area contributed by atoms with Gasteiger partial charge in [-0.2, -0.15) is 0 Å². The number of nitro groups is 1. The second-order valence-electron chi connectivity index (χ2n) is 3.27. The molecule has 1 aromatic heterocycles. The molecule has 6 heteroatoms. The number of hydrogen-bond acceptors (Lipinski definition) is 4. The van der Waals surface area contributed by atoms with Gasteiger partial charge in [-0.1, -0.05) is 0 Å².